The lowest BCUT2D eigenvalue weighted by molar-refractivity contribution is -0.289. The molecule has 5 rings (SSSR count). The Morgan fingerprint density at radius 1 is 0.571 bits per heavy atom. The molecule has 20 heteroatoms. The van der Waals surface area contributed by atoms with Crippen LogP contribution >= 0.6 is 0 Å². The van der Waals surface area contributed by atoms with Crippen LogP contribution in [0.1, 0.15) is 36.6 Å². The largest absolute Gasteiger partial charge is 0.508 e. The van der Waals surface area contributed by atoms with Crippen molar-refractivity contribution in [3.8, 4) is 57.5 Å². The summed E-state index contributed by atoms with van der Waals surface area (Å²) in [7, 11) is 0. The number of aliphatic hydroxyl groups is 1. The second-order valence-corrected chi connectivity index (χ2v) is 11.8. The third-order valence-electron chi connectivity index (χ3n) is 7.93. The first kappa shape index (κ1) is 39.6. The fraction of sp³-hybridized carbons (Fsp3) is 0.167. The molecule has 0 saturated carbocycles. The molecule has 1 fully saturated rings. The van der Waals surface area contributed by atoms with Crippen LogP contribution in [-0.2, 0) is 28.5 Å². The van der Waals surface area contributed by atoms with Gasteiger partial charge in [-0.05, 0) is 60.2 Å². The summed E-state index contributed by atoms with van der Waals surface area (Å²) in [4.78, 5) is 52.6. The van der Waals surface area contributed by atoms with Crippen LogP contribution in [0, 0.1) is 0 Å². The van der Waals surface area contributed by atoms with E-state index < -0.39 is 130 Å². The summed E-state index contributed by atoms with van der Waals surface area (Å²) < 4.78 is 27.0. The molecule has 1 saturated heterocycles. The van der Waals surface area contributed by atoms with E-state index in [1.807, 2.05) is 0 Å². The summed E-state index contributed by atoms with van der Waals surface area (Å²) in [5.41, 5.74) is -1.40. The van der Waals surface area contributed by atoms with Crippen molar-refractivity contribution in [1.82, 2.24) is 0 Å². The molecule has 0 bridgehead atoms. The van der Waals surface area contributed by atoms with Crippen molar-refractivity contribution >= 4 is 30.0 Å². The third kappa shape index (κ3) is 8.78. The fourth-order valence-electron chi connectivity index (χ4n) is 5.10. The minimum absolute atomic E-state index is 0.0678. The van der Waals surface area contributed by atoms with Crippen LogP contribution in [0.3, 0.4) is 0 Å². The van der Waals surface area contributed by atoms with Gasteiger partial charge in [-0.15, -0.1) is 0 Å². The summed E-state index contributed by atoms with van der Waals surface area (Å²) in [6.45, 7) is -1.02. The smallest absolute Gasteiger partial charge is 0.338 e. The Bertz CT molecular complexity index is 2130. The van der Waals surface area contributed by atoms with Crippen molar-refractivity contribution in [1.29, 1.82) is 0 Å². The first-order valence-electron chi connectivity index (χ1n) is 15.8. The molecule has 56 heavy (non-hydrogen) atoms. The van der Waals surface area contributed by atoms with E-state index in [0.717, 1.165) is 6.08 Å². The Balaban J connectivity index is 1.52. The van der Waals surface area contributed by atoms with Gasteiger partial charge in [-0.3, -0.25) is 0 Å². The molecule has 294 valence electrons. The number of aliphatic hydroxyl groups excluding tert-OH is 1. The molecular formula is C36H30O20. The van der Waals surface area contributed by atoms with Crippen molar-refractivity contribution in [2.24, 2.45) is 0 Å². The molecule has 4 aromatic carbocycles. The van der Waals surface area contributed by atoms with E-state index in [9.17, 15) is 75.3 Å². The second-order valence-electron chi connectivity index (χ2n) is 11.8. The molecule has 0 aromatic heterocycles. The summed E-state index contributed by atoms with van der Waals surface area (Å²) in [5.74, 6) is -14.2. The Labute approximate surface area is 312 Å². The van der Waals surface area contributed by atoms with Gasteiger partial charge in [0, 0.05) is 6.08 Å². The number of carbonyl (C=O) groups excluding carboxylic acids is 4. The normalized spacial score (nSPS) is 19.2. The lowest BCUT2D eigenvalue weighted by Gasteiger charge is -2.42. The second kappa shape index (κ2) is 16.2. The van der Waals surface area contributed by atoms with Gasteiger partial charge in [-0.1, -0.05) is 12.1 Å². The molecule has 0 amide bonds. The minimum atomic E-state index is -2.28. The first-order chi connectivity index (χ1) is 26.4. The number of aromatic hydroxyl groups is 10. The van der Waals surface area contributed by atoms with Gasteiger partial charge >= 0.3 is 23.9 Å². The zero-order valence-corrected chi connectivity index (χ0v) is 28.1. The molecule has 1 heterocycles. The van der Waals surface area contributed by atoms with Gasteiger partial charge in [-0.2, -0.15) is 0 Å². The lowest BCUT2D eigenvalue weighted by Crippen LogP contribution is -2.62. The third-order valence-corrected chi connectivity index (χ3v) is 7.93. The van der Waals surface area contributed by atoms with Crippen LogP contribution < -0.4 is 0 Å². The molecule has 0 spiro atoms. The molecule has 11 N–H and O–H groups in total. The van der Waals surface area contributed by atoms with Crippen LogP contribution in [0.25, 0.3) is 6.08 Å². The quantitative estimate of drug-likeness (QED) is 0.0472. The maximum Gasteiger partial charge on any atom is 0.338 e. The standard InChI is InChI=1S/C36H30O20/c37-18-4-1-14(2-5-18)3-6-26(44)54-36-30(48)32(56-35(51)17-11-23(42)29(47)24(43)12-17)31(55-34(50)16-9-21(40)28(46)22(41)10-16)25(53-36)13-52-33(49)15-7-19(38)27(45)20(39)8-15/h1-12,25,30-32,36-43,45-48H,13H2/b6-3+/t25-,30-,31-,32-,36-/m1/s1. The lowest BCUT2D eigenvalue weighted by atomic mass is 9.98. The van der Waals surface area contributed by atoms with E-state index in [1.54, 1.807) is 0 Å². The van der Waals surface area contributed by atoms with Gasteiger partial charge in [0.2, 0.25) is 6.29 Å². The van der Waals surface area contributed by atoms with Gasteiger partial charge in [0.1, 0.15) is 18.5 Å². The van der Waals surface area contributed by atoms with Crippen molar-refractivity contribution in [2.45, 2.75) is 30.7 Å². The molecule has 1 aliphatic rings. The minimum Gasteiger partial charge on any atom is -0.508 e. The number of benzene rings is 4. The van der Waals surface area contributed by atoms with Crippen LogP contribution in [0.2, 0.25) is 0 Å². The van der Waals surface area contributed by atoms with Crippen molar-refractivity contribution in [3.63, 3.8) is 0 Å². The highest BCUT2D eigenvalue weighted by atomic mass is 16.7. The van der Waals surface area contributed by atoms with E-state index in [1.165, 1.54) is 30.3 Å². The highest BCUT2D eigenvalue weighted by Crippen LogP contribution is 2.39. The monoisotopic (exact) mass is 782 g/mol. The summed E-state index contributed by atoms with van der Waals surface area (Å²) >= 11 is 0. The van der Waals surface area contributed by atoms with E-state index in [-0.39, 0.29) is 5.75 Å². The number of carbonyl (C=O) groups is 4. The topological polar surface area (TPSA) is 337 Å². The van der Waals surface area contributed by atoms with Crippen LogP contribution in [0.15, 0.2) is 66.7 Å². The maximum atomic E-state index is 13.4. The molecule has 1 aliphatic heterocycles. The highest BCUT2D eigenvalue weighted by Gasteiger charge is 2.52. The molecule has 0 radical (unpaired) electrons. The summed E-state index contributed by atoms with van der Waals surface area (Å²) in [6, 6.07) is 9.55. The fourth-order valence-corrected chi connectivity index (χ4v) is 5.10. The van der Waals surface area contributed by atoms with E-state index in [0.29, 0.717) is 42.0 Å². The number of esters is 4. The zero-order chi connectivity index (χ0) is 41.0. The van der Waals surface area contributed by atoms with Gasteiger partial charge in [0.25, 0.3) is 0 Å². The van der Waals surface area contributed by atoms with Crippen LogP contribution in [-0.4, -0.2) is 117 Å². The van der Waals surface area contributed by atoms with Gasteiger partial charge in [0.05, 0.1) is 16.7 Å². The number of phenolic OH excluding ortho intramolecular Hbond substituents is 10. The predicted molar refractivity (Wildman–Crippen MR) is 181 cm³/mol. The molecule has 20 nitrogen and oxygen atoms in total. The highest BCUT2D eigenvalue weighted by molar-refractivity contribution is 5.93. The van der Waals surface area contributed by atoms with Crippen molar-refractivity contribution in [3.05, 3.63) is 89.0 Å². The number of hydrogen-bond donors (Lipinski definition) is 11. The number of hydrogen-bond acceptors (Lipinski definition) is 20. The molecule has 0 unspecified atom stereocenters. The molecular weight excluding hydrogens is 752 g/mol. The summed E-state index contributed by atoms with van der Waals surface area (Å²) in [6.07, 6.45) is -8.44. The van der Waals surface area contributed by atoms with E-state index >= 15 is 0 Å². The van der Waals surface area contributed by atoms with Crippen molar-refractivity contribution < 1.29 is 99.0 Å². The average Bonchev–Trinajstić information content (AvgIpc) is 3.15. The Kier molecular flexibility index (Phi) is 11.5. The van der Waals surface area contributed by atoms with Gasteiger partial charge < -0.3 is 79.9 Å². The number of ether oxygens (including phenoxy) is 5. The molecule has 5 atom stereocenters. The Morgan fingerprint density at radius 2 is 0.982 bits per heavy atom. The predicted octanol–water partition coefficient (Wildman–Crippen LogP) is 1.69. The maximum absolute atomic E-state index is 13.4. The first-order valence-corrected chi connectivity index (χ1v) is 15.8. The number of phenols is 10. The average molecular weight is 783 g/mol. The number of rotatable bonds is 10. The van der Waals surface area contributed by atoms with Crippen molar-refractivity contribution in [2.75, 3.05) is 6.61 Å². The summed E-state index contributed by atoms with van der Waals surface area (Å²) in [5, 5.41) is 110. The zero-order valence-electron chi connectivity index (χ0n) is 28.1. The SMILES string of the molecule is O=C(/C=C/c1ccc(O)cc1)O[C@H]1O[C@H](COC(=O)c2cc(O)c(O)c(O)c2)[C@@H](OC(=O)c2cc(O)c(O)c(O)c2)[C@H](OC(=O)c2cc(O)c(O)c(O)c2)[C@H]1O. The van der Waals surface area contributed by atoms with Gasteiger partial charge in [-0.25, -0.2) is 19.2 Å². The molecule has 4 aromatic rings. The molecule has 0 aliphatic carbocycles. The Hall–Kier alpha value is -7.58. The van der Waals surface area contributed by atoms with Gasteiger partial charge in [0.15, 0.2) is 70.1 Å². The Morgan fingerprint density at radius 3 is 1.43 bits per heavy atom. The van der Waals surface area contributed by atoms with E-state index in [2.05, 4.69) is 0 Å². The van der Waals surface area contributed by atoms with E-state index in [4.69, 9.17) is 23.7 Å². The van der Waals surface area contributed by atoms with Crippen LogP contribution in [0.4, 0.5) is 0 Å². The van der Waals surface area contributed by atoms with Crippen LogP contribution in [0.5, 0.6) is 57.5 Å².